The number of pyridine rings is 1. The van der Waals surface area contributed by atoms with Crippen molar-refractivity contribution < 1.29 is 8.42 Å². The molecule has 1 aromatic heterocycles. The van der Waals surface area contributed by atoms with Crippen molar-refractivity contribution in [2.24, 2.45) is 4.99 Å². The SMILES string of the molecule is CCNC(=NCc1cccc(C)n1)NC(C)CCS(C)(=O)=O. The van der Waals surface area contributed by atoms with Crippen LogP contribution in [0.3, 0.4) is 0 Å². The van der Waals surface area contributed by atoms with Crippen LogP contribution in [0, 0.1) is 6.92 Å². The average molecular weight is 326 g/mol. The van der Waals surface area contributed by atoms with Gasteiger partial charge >= 0.3 is 0 Å². The summed E-state index contributed by atoms with van der Waals surface area (Å²) in [5.41, 5.74) is 1.87. The Hall–Kier alpha value is -1.63. The Balaban J connectivity index is 2.62. The van der Waals surface area contributed by atoms with E-state index in [4.69, 9.17) is 0 Å². The highest BCUT2D eigenvalue weighted by Gasteiger charge is 2.09. The van der Waals surface area contributed by atoms with Gasteiger partial charge in [-0.3, -0.25) is 4.98 Å². The largest absolute Gasteiger partial charge is 0.357 e. The molecular formula is C15H26N4O2S. The molecule has 2 N–H and O–H groups in total. The van der Waals surface area contributed by atoms with E-state index >= 15 is 0 Å². The number of hydrogen-bond donors (Lipinski definition) is 2. The van der Waals surface area contributed by atoms with Gasteiger partial charge in [0.15, 0.2) is 5.96 Å². The predicted molar refractivity (Wildman–Crippen MR) is 90.7 cm³/mol. The van der Waals surface area contributed by atoms with E-state index in [2.05, 4.69) is 20.6 Å². The molecule has 0 aliphatic carbocycles. The summed E-state index contributed by atoms with van der Waals surface area (Å²) in [5.74, 6) is 0.840. The number of guanidine groups is 1. The smallest absolute Gasteiger partial charge is 0.191 e. The third-order valence-corrected chi connectivity index (χ3v) is 3.97. The lowest BCUT2D eigenvalue weighted by atomic mass is 10.3. The van der Waals surface area contributed by atoms with Crippen molar-refractivity contribution in [1.29, 1.82) is 0 Å². The fraction of sp³-hybridized carbons (Fsp3) is 0.600. The van der Waals surface area contributed by atoms with Crippen molar-refractivity contribution in [1.82, 2.24) is 15.6 Å². The second-order valence-corrected chi connectivity index (χ2v) is 7.69. The summed E-state index contributed by atoms with van der Waals surface area (Å²) in [6, 6.07) is 5.87. The molecule has 0 aromatic carbocycles. The number of sulfone groups is 1. The minimum Gasteiger partial charge on any atom is -0.357 e. The van der Waals surface area contributed by atoms with Crippen LogP contribution >= 0.6 is 0 Å². The molecule has 0 radical (unpaired) electrons. The zero-order chi connectivity index (χ0) is 16.6. The Morgan fingerprint density at radius 3 is 2.73 bits per heavy atom. The molecular weight excluding hydrogens is 300 g/mol. The van der Waals surface area contributed by atoms with Crippen molar-refractivity contribution in [3.05, 3.63) is 29.6 Å². The molecule has 0 saturated heterocycles. The number of nitrogens with one attached hydrogen (secondary N) is 2. The molecule has 0 spiro atoms. The maximum atomic E-state index is 11.2. The number of hydrogen-bond acceptors (Lipinski definition) is 4. The summed E-state index contributed by atoms with van der Waals surface area (Å²) in [5, 5.41) is 6.38. The summed E-state index contributed by atoms with van der Waals surface area (Å²) in [6.45, 7) is 7.11. The van der Waals surface area contributed by atoms with Crippen LogP contribution in [-0.4, -0.2) is 44.0 Å². The van der Waals surface area contributed by atoms with Crippen LogP contribution in [-0.2, 0) is 16.4 Å². The molecule has 0 amide bonds. The molecule has 0 aliphatic heterocycles. The maximum absolute atomic E-state index is 11.2. The van der Waals surface area contributed by atoms with Crippen molar-refractivity contribution in [2.45, 2.75) is 39.8 Å². The molecule has 1 atom stereocenters. The van der Waals surface area contributed by atoms with Gasteiger partial charge < -0.3 is 10.6 Å². The first-order valence-corrected chi connectivity index (χ1v) is 9.51. The number of aliphatic imine (C=N–C) groups is 1. The van der Waals surface area contributed by atoms with Crippen molar-refractivity contribution >= 4 is 15.8 Å². The Labute approximate surface area is 133 Å². The van der Waals surface area contributed by atoms with E-state index in [1.54, 1.807) is 0 Å². The summed E-state index contributed by atoms with van der Waals surface area (Å²) in [7, 11) is -2.94. The Kier molecular flexibility index (Phi) is 7.31. The molecule has 0 bridgehead atoms. The predicted octanol–water partition coefficient (Wildman–Crippen LogP) is 1.27. The number of aryl methyl sites for hydroxylation is 1. The molecule has 0 fully saturated rings. The first kappa shape index (κ1) is 18.4. The summed E-state index contributed by atoms with van der Waals surface area (Å²) in [4.78, 5) is 8.90. The molecule has 0 aliphatic rings. The topological polar surface area (TPSA) is 83.4 Å². The lowest BCUT2D eigenvalue weighted by Gasteiger charge is -2.17. The number of rotatable bonds is 7. The molecule has 0 saturated carbocycles. The van der Waals surface area contributed by atoms with Crippen LogP contribution in [0.1, 0.15) is 31.7 Å². The second-order valence-electron chi connectivity index (χ2n) is 5.43. The standard InChI is InChI=1S/C15H26N4O2S/c1-5-16-15(19-13(3)9-10-22(4,20)21)17-11-14-8-6-7-12(2)18-14/h6-8,13H,5,9-11H2,1-4H3,(H2,16,17,19). The number of aromatic nitrogens is 1. The van der Waals surface area contributed by atoms with Crippen LogP contribution in [0.15, 0.2) is 23.2 Å². The van der Waals surface area contributed by atoms with Crippen LogP contribution in [0.25, 0.3) is 0 Å². The molecule has 6 nitrogen and oxygen atoms in total. The van der Waals surface area contributed by atoms with E-state index in [-0.39, 0.29) is 11.8 Å². The summed E-state index contributed by atoms with van der Waals surface area (Å²) >= 11 is 0. The van der Waals surface area contributed by atoms with Gasteiger partial charge in [-0.25, -0.2) is 13.4 Å². The molecule has 1 aromatic rings. The van der Waals surface area contributed by atoms with Crippen LogP contribution in [0.2, 0.25) is 0 Å². The van der Waals surface area contributed by atoms with E-state index in [1.165, 1.54) is 6.26 Å². The highest BCUT2D eigenvalue weighted by molar-refractivity contribution is 7.90. The van der Waals surface area contributed by atoms with Crippen LogP contribution in [0.4, 0.5) is 0 Å². The van der Waals surface area contributed by atoms with E-state index < -0.39 is 9.84 Å². The Morgan fingerprint density at radius 1 is 1.41 bits per heavy atom. The monoisotopic (exact) mass is 326 g/mol. The van der Waals surface area contributed by atoms with Crippen molar-refractivity contribution in [3.8, 4) is 0 Å². The maximum Gasteiger partial charge on any atom is 0.191 e. The molecule has 1 heterocycles. The Bertz CT molecular complexity index is 599. The average Bonchev–Trinajstić information content (AvgIpc) is 2.42. The minimum absolute atomic E-state index is 0.0259. The first-order chi connectivity index (χ1) is 10.3. The van der Waals surface area contributed by atoms with Crippen molar-refractivity contribution in [3.63, 3.8) is 0 Å². The fourth-order valence-electron chi connectivity index (χ4n) is 1.86. The minimum atomic E-state index is -2.94. The van der Waals surface area contributed by atoms with Gasteiger partial charge in [-0.05, 0) is 39.3 Å². The molecule has 22 heavy (non-hydrogen) atoms. The van der Waals surface area contributed by atoms with Gasteiger partial charge in [0.2, 0.25) is 0 Å². The van der Waals surface area contributed by atoms with Gasteiger partial charge in [0, 0.05) is 24.5 Å². The normalized spacial score (nSPS) is 13.7. The lowest BCUT2D eigenvalue weighted by Crippen LogP contribution is -2.42. The number of nitrogens with zero attached hydrogens (tertiary/aromatic N) is 2. The summed E-state index contributed by atoms with van der Waals surface area (Å²) in [6.07, 6.45) is 1.80. The lowest BCUT2D eigenvalue weighted by molar-refractivity contribution is 0.581. The zero-order valence-electron chi connectivity index (χ0n) is 13.8. The van der Waals surface area contributed by atoms with Crippen LogP contribution < -0.4 is 10.6 Å². The van der Waals surface area contributed by atoms with E-state index in [0.29, 0.717) is 18.9 Å². The fourth-order valence-corrected chi connectivity index (χ4v) is 2.65. The van der Waals surface area contributed by atoms with Gasteiger partial charge in [0.25, 0.3) is 0 Å². The molecule has 1 unspecified atom stereocenters. The quantitative estimate of drug-likeness (QED) is 0.582. The van der Waals surface area contributed by atoms with E-state index in [9.17, 15) is 8.42 Å². The Morgan fingerprint density at radius 2 is 2.14 bits per heavy atom. The zero-order valence-corrected chi connectivity index (χ0v) is 14.6. The van der Waals surface area contributed by atoms with Crippen LogP contribution in [0.5, 0.6) is 0 Å². The van der Waals surface area contributed by atoms with Gasteiger partial charge in [-0.15, -0.1) is 0 Å². The van der Waals surface area contributed by atoms with E-state index in [1.807, 2.05) is 39.0 Å². The van der Waals surface area contributed by atoms with Gasteiger partial charge in [0.05, 0.1) is 18.0 Å². The van der Waals surface area contributed by atoms with Gasteiger partial charge in [0.1, 0.15) is 9.84 Å². The third-order valence-electron chi connectivity index (χ3n) is 2.99. The molecule has 124 valence electrons. The molecule has 1 rings (SSSR count). The van der Waals surface area contributed by atoms with Gasteiger partial charge in [-0.1, -0.05) is 6.07 Å². The first-order valence-electron chi connectivity index (χ1n) is 7.45. The second kappa shape index (κ2) is 8.73. The summed E-state index contributed by atoms with van der Waals surface area (Å²) < 4.78 is 22.4. The third kappa shape index (κ3) is 7.97. The molecule has 7 heteroatoms. The van der Waals surface area contributed by atoms with Gasteiger partial charge in [-0.2, -0.15) is 0 Å². The highest BCUT2D eigenvalue weighted by atomic mass is 32.2. The van der Waals surface area contributed by atoms with Crippen molar-refractivity contribution in [2.75, 3.05) is 18.6 Å². The highest BCUT2D eigenvalue weighted by Crippen LogP contribution is 2.00. The van der Waals surface area contributed by atoms with E-state index in [0.717, 1.165) is 17.9 Å².